The van der Waals surface area contributed by atoms with Gasteiger partial charge in [-0.3, -0.25) is 0 Å². The van der Waals surface area contributed by atoms with E-state index in [9.17, 15) is 0 Å². The summed E-state index contributed by atoms with van der Waals surface area (Å²) in [7, 11) is 0. The molecule has 3 rings (SSSR count). The Morgan fingerprint density at radius 3 is 2.40 bits per heavy atom. The van der Waals surface area contributed by atoms with Crippen LogP contribution in [0, 0.1) is 0 Å². The molecule has 3 aromatic rings. The van der Waals surface area contributed by atoms with Crippen molar-refractivity contribution in [3.63, 3.8) is 0 Å². The molecule has 0 spiro atoms. The molecule has 3 heteroatoms. The van der Waals surface area contributed by atoms with E-state index in [2.05, 4.69) is 45.4 Å². The summed E-state index contributed by atoms with van der Waals surface area (Å²) in [6.07, 6.45) is 1.72. The van der Waals surface area contributed by atoms with Gasteiger partial charge in [0.2, 0.25) is 0 Å². The standard InChI is InChI=1S/C17H12BrNO/c18-16-7-9-17(10-8-16)20-19-12-13-5-6-14-3-1-2-4-15(14)11-13/h1-12H/b19-12+. The van der Waals surface area contributed by atoms with Gasteiger partial charge in [-0.1, -0.05) is 57.5 Å². The second-order valence-electron chi connectivity index (χ2n) is 4.39. The van der Waals surface area contributed by atoms with E-state index in [1.54, 1.807) is 6.21 Å². The maximum Gasteiger partial charge on any atom is 0.158 e. The first-order chi connectivity index (χ1) is 9.81. The summed E-state index contributed by atoms with van der Waals surface area (Å²) in [5, 5.41) is 6.42. The van der Waals surface area contributed by atoms with E-state index in [1.807, 2.05) is 42.5 Å². The lowest BCUT2D eigenvalue weighted by Crippen LogP contribution is -1.87. The highest BCUT2D eigenvalue weighted by Gasteiger charge is 1.94. The highest BCUT2D eigenvalue weighted by atomic mass is 79.9. The van der Waals surface area contributed by atoms with Crippen LogP contribution >= 0.6 is 15.9 Å². The molecule has 0 aliphatic carbocycles. The van der Waals surface area contributed by atoms with Crippen molar-refractivity contribution in [1.29, 1.82) is 0 Å². The van der Waals surface area contributed by atoms with E-state index in [0.29, 0.717) is 5.75 Å². The summed E-state index contributed by atoms with van der Waals surface area (Å²) in [5.74, 6) is 0.713. The number of hydrogen-bond acceptors (Lipinski definition) is 2. The zero-order chi connectivity index (χ0) is 13.8. The molecule has 0 amide bonds. The molecule has 0 fully saturated rings. The van der Waals surface area contributed by atoms with Crippen molar-refractivity contribution in [2.24, 2.45) is 5.16 Å². The van der Waals surface area contributed by atoms with Gasteiger partial charge in [0.15, 0.2) is 5.75 Å². The van der Waals surface area contributed by atoms with Gasteiger partial charge in [-0.25, -0.2) is 0 Å². The first-order valence-electron chi connectivity index (χ1n) is 6.26. The molecule has 0 unspecified atom stereocenters. The minimum atomic E-state index is 0.713. The van der Waals surface area contributed by atoms with Crippen LogP contribution < -0.4 is 4.84 Å². The maximum atomic E-state index is 5.33. The number of benzene rings is 3. The van der Waals surface area contributed by atoms with Gasteiger partial charge in [0.05, 0.1) is 6.21 Å². The molecule has 0 atom stereocenters. The predicted octanol–water partition coefficient (Wildman–Crippen LogP) is 5.02. The van der Waals surface area contributed by atoms with Gasteiger partial charge in [0.1, 0.15) is 0 Å². The lowest BCUT2D eigenvalue weighted by Gasteiger charge is -2.00. The topological polar surface area (TPSA) is 21.6 Å². The van der Waals surface area contributed by atoms with Crippen molar-refractivity contribution in [2.75, 3.05) is 0 Å². The van der Waals surface area contributed by atoms with Crippen LogP contribution in [0.15, 0.2) is 76.4 Å². The van der Waals surface area contributed by atoms with Gasteiger partial charge in [0.25, 0.3) is 0 Å². The molecule has 0 heterocycles. The normalized spacial score (nSPS) is 11.1. The Morgan fingerprint density at radius 2 is 1.60 bits per heavy atom. The van der Waals surface area contributed by atoms with Gasteiger partial charge < -0.3 is 4.84 Å². The van der Waals surface area contributed by atoms with Gasteiger partial charge in [-0.15, -0.1) is 0 Å². The van der Waals surface area contributed by atoms with Gasteiger partial charge >= 0.3 is 0 Å². The van der Waals surface area contributed by atoms with E-state index in [0.717, 1.165) is 10.0 Å². The van der Waals surface area contributed by atoms with Crippen LogP contribution in [0.5, 0.6) is 5.75 Å². The molecular formula is C17H12BrNO. The molecule has 0 radical (unpaired) electrons. The highest BCUT2D eigenvalue weighted by Crippen LogP contribution is 2.17. The van der Waals surface area contributed by atoms with E-state index in [4.69, 9.17) is 4.84 Å². The average Bonchev–Trinajstić information content (AvgIpc) is 2.49. The summed E-state index contributed by atoms with van der Waals surface area (Å²) in [6.45, 7) is 0. The monoisotopic (exact) mass is 325 g/mol. The molecule has 0 bridgehead atoms. The van der Waals surface area contributed by atoms with Crippen LogP contribution in [0.3, 0.4) is 0 Å². The Labute approximate surface area is 125 Å². The molecule has 0 saturated heterocycles. The number of nitrogens with zero attached hydrogens (tertiary/aromatic N) is 1. The van der Waals surface area contributed by atoms with E-state index in [-0.39, 0.29) is 0 Å². The first-order valence-corrected chi connectivity index (χ1v) is 7.05. The zero-order valence-electron chi connectivity index (χ0n) is 10.7. The molecule has 2 nitrogen and oxygen atoms in total. The van der Waals surface area contributed by atoms with Crippen LogP contribution in [-0.4, -0.2) is 6.21 Å². The Morgan fingerprint density at radius 1 is 0.850 bits per heavy atom. The third kappa shape index (κ3) is 3.06. The first kappa shape index (κ1) is 12.9. The van der Waals surface area contributed by atoms with E-state index < -0.39 is 0 Å². The van der Waals surface area contributed by atoms with Crippen LogP contribution in [0.25, 0.3) is 10.8 Å². The summed E-state index contributed by atoms with van der Waals surface area (Å²) >= 11 is 3.38. The van der Waals surface area contributed by atoms with Crippen LogP contribution in [0.4, 0.5) is 0 Å². The number of fused-ring (bicyclic) bond motifs is 1. The number of halogens is 1. The van der Waals surface area contributed by atoms with Gasteiger partial charge in [-0.05, 0) is 46.7 Å². The molecule has 0 aromatic heterocycles. The second kappa shape index (κ2) is 5.88. The Balaban J connectivity index is 1.75. The molecule has 20 heavy (non-hydrogen) atoms. The molecular weight excluding hydrogens is 314 g/mol. The van der Waals surface area contributed by atoms with Crippen molar-refractivity contribution >= 4 is 32.9 Å². The molecule has 0 aliphatic rings. The van der Waals surface area contributed by atoms with Crippen LogP contribution in [-0.2, 0) is 0 Å². The minimum Gasteiger partial charge on any atom is -0.357 e. The fraction of sp³-hybridized carbons (Fsp3) is 0. The predicted molar refractivity (Wildman–Crippen MR) is 86.3 cm³/mol. The quantitative estimate of drug-likeness (QED) is 0.489. The lowest BCUT2D eigenvalue weighted by molar-refractivity contribution is 0.344. The van der Waals surface area contributed by atoms with Gasteiger partial charge in [-0.2, -0.15) is 0 Å². The third-order valence-corrected chi connectivity index (χ3v) is 3.48. The molecule has 0 N–H and O–H groups in total. The summed E-state index contributed by atoms with van der Waals surface area (Å²) in [4.78, 5) is 5.33. The number of oxime groups is 1. The van der Waals surface area contributed by atoms with Crippen LogP contribution in [0.1, 0.15) is 5.56 Å². The Hall–Kier alpha value is -2.13. The lowest BCUT2D eigenvalue weighted by atomic mass is 10.1. The minimum absolute atomic E-state index is 0.713. The number of hydrogen-bond donors (Lipinski definition) is 0. The second-order valence-corrected chi connectivity index (χ2v) is 5.30. The fourth-order valence-electron chi connectivity index (χ4n) is 1.93. The van der Waals surface area contributed by atoms with E-state index >= 15 is 0 Å². The van der Waals surface area contributed by atoms with Crippen molar-refractivity contribution in [3.8, 4) is 5.75 Å². The Kier molecular flexibility index (Phi) is 3.79. The maximum absolute atomic E-state index is 5.33. The third-order valence-electron chi connectivity index (χ3n) is 2.95. The zero-order valence-corrected chi connectivity index (χ0v) is 12.2. The van der Waals surface area contributed by atoms with Crippen molar-refractivity contribution in [3.05, 3.63) is 76.8 Å². The van der Waals surface area contributed by atoms with Crippen molar-refractivity contribution in [2.45, 2.75) is 0 Å². The number of rotatable bonds is 3. The summed E-state index contributed by atoms with van der Waals surface area (Å²) in [5.41, 5.74) is 1.01. The largest absolute Gasteiger partial charge is 0.357 e. The van der Waals surface area contributed by atoms with Crippen LogP contribution in [0.2, 0.25) is 0 Å². The molecule has 0 saturated carbocycles. The summed E-state index contributed by atoms with van der Waals surface area (Å²) < 4.78 is 1.02. The van der Waals surface area contributed by atoms with Gasteiger partial charge in [0, 0.05) is 4.47 Å². The fourth-order valence-corrected chi connectivity index (χ4v) is 2.20. The van der Waals surface area contributed by atoms with Crippen molar-refractivity contribution in [1.82, 2.24) is 0 Å². The molecule has 0 aliphatic heterocycles. The Bertz CT molecular complexity index is 750. The van der Waals surface area contributed by atoms with E-state index in [1.165, 1.54) is 10.8 Å². The van der Waals surface area contributed by atoms with Crippen molar-refractivity contribution < 1.29 is 4.84 Å². The highest BCUT2D eigenvalue weighted by molar-refractivity contribution is 9.10. The summed E-state index contributed by atoms with van der Waals surface area (Å²) in [6, 6.07) is 22.0. The smallest absolute Gasteiger partial charge is 0.158 e. The molecule has 3 aromatic carbocycles. The molecule has 98 valence electrons. The average molecular weight is 326 g/mol. The SMILES string of the molecule is Brc1ccc(O/N=C/c2ccc3ccccc3c2)cc1.